The molecule has 25 heavy (non-hydrogen) atoms. The number of rotatable bonds is 8. The van der Waals surface area contributed by atoms with Crippen molar-refractivity contribution in [3.63, 3.8) is 0 Å². The standard InChI is InChI=1S/C19H25NO5/c1-6-20(11-14-7-8-16(22-3)17(10-14)23-4)12-15-9-13(2)18(25-15)19(21)24-5/h7-10H,6,11-12H2,1-5H3. The van der Waals surface area contributed by atoms with Crippen molar-refractivity contribution in [3.8, 4) is 11.5 Å². The van der Waals surface area contributed by atoms with E-state index in [-0.39, 0.29) is 5.76 Å². The lowest BCUT2D eigenvalue weighted by Gasteiger charge is -2.20. The van der Waals surface area contributed by atoms with E-state index >= 15 is 0 Å². The summed E-state index contributed by atoms with van der Waals surface area (Å²) in [4.78, 5) is 13.9. The first-order valence-electron chi connectivity index (χ1n) is 8.13. The number of carbonyl (C=O) groups excluding carboxylic acids is 1. The number of hydrogen-bond acceptors (Lipinski definition) is 6. The molecule has 2 aromatic rings. The van der Waals surface area contributed by atoms with E-state index in [9.17, 15) is 4.79 Å². The molecule has 0 spiro atoms. The van der Waals surface area contributed by atoms with E-state index in [0.717, 1.165) is 30.0 Å². The molecule has 1 heterocycles. The van der Waals surface area contributed by atoms with E-state index in [4.69, 9.17) is 18.6 Å². The minimum atomic E-state index is -0.452. The van der Waals surface area contributed by atoms with E-state index in [1.807, 2.05) is 31.2 Å². The van der Waals surface area contributed by atoms with Gasteiger partial charge in [-0.1, -0.05) is 13.0 Å². The van der Waals surface area contributed by atoms with Crippen molar-refractivity contribution < 1.29 is 23.4 Å². The van der Waals surface area contributed by atoms with Crippen LogP contribution in [0.3, 0.4) is 0 Å². The van der Waals surface area contributed by atoms with Crippen molar-refractivity contribution in [1.29, 1.82) is 0 Å². The Bertz CT molecular complexity index is 723. The Labute approximate surface area is 148 Å². The van der Waals surface area contributed by atoms with Gasteiger partial charge in [0.15, 0.2) is 11.5 Å². The Morgan fingerprint density at radius 1 is 1.08 bits per heavy atom. The summed E-state index contributed by atoms with van der Waals surface area (Å²) in [7, 11) is 4.59. The fourth-order valence-corrected chi connectivity index (χ4v) is 2.66. The summed E-state index contributed by atoms with van der Waals surface area (Å²) in [5.41, 5.74) is 1.89. The highest BCUT2D eigenvalue weighted by Gasteiger charge is 2.17. The van der Waals surface area contributed by atoms with E-state index in [0.29, 0.717) is 18.0 Å². The highest BCUT2D eigenvalue weighted by atomic mass is 16.5. The first kappa shape index (κ1) is 18.9. The molecular formula is C19H25NO5. The highest BCUT2D eigenvalue weighted by molar-refractivity contribution is 5.87. The van der Waals surface area contributed by atoms with E-state index < -0.39 is 5.97 Å². The molecule has 1 aromatic heterocycles. The average molecular weight is 347 g/mol. The maximum Gasteiger partial charge on any atom is 0.374 e. The van der Waals surface area contributed by atoms with Crippen LogP contribution in [0.25, 0.3) is 0 Å². The molecule has 0 unspecified atom stereocenters. The van der Waals surface area contributed by atoms with Crippen LogP contribution in [0.4, 0.5) is 0 Å². The SMILES string of the molecule is CCN(Cc1ccc(OC)c(OC)c1)Cc1cc(C)c(C(=O)OC)o1. The molecule has 0 aliphatic rings. The van der Waals surface area contributed by atoms with Gasteiger partial charge >= 0.3 is 5.97 Å². The molecule has 0 radical (unpaired) electrons. The summed E-state index contributed by atoms with van der Waals surface area (Å²) >= 11 is 0. The summed E-state index contributed by atoms with van der Waals surface area (Å²) in [5.74, 6) is 1.96. The number of hydrogen-bond donors (Lipinski definition) is 0. The third-order valence-electron chi connectivity index (χ3n) is 4.02. The zero-order valence-electron chi connectivity index (χ0n) is 15.4. The minimum Gasteiger partial charge on any atom is -0.493 e. The molecule has 6 nitrogen and oxygen atoms in total. The van der Waals surface area contributed by atoms with Crippen LogP contribution >= 0.6 is 0 Å². The maximum absolute atomic E-state index is 11.7. The molecule has 0 fully saturated rings. The second-order valence-electron chi connectivity index (χ2n) is 5.71. The molecule has 0 aliphatic heterocycles. The van der Waals surface area contributed by atoms with E-state index in [1.54, 1.807) is 14.2 Å². The Morgan fingerprint density at radius 2 is 1.80 bits per heavy atom. The zero-order chi connectivity index (χ0) is 18.4. The van der Waals surface area contributed by atoms with Gasteiger partial charge < -0.3 is 18.6 Å². The Morgan fingerprint density at radius 3 is 2.40 bits per heavy atom. The van der Waals surface area contributed by atoms with E-state index in [2.05, 4.69) is 11.8 Å². The van der Waals surface area contributed by atoms with Crippen LogP contribution in [0.2, 0.25) is 0 Å². The molecule has 1 aromatic carbocycles. The average Bonchev–Trinajstić information content (AvgIpc) is 3.00. The summed E-state index contributed by atoms with van der Waals surface area (Å²) < 4.78 is 21.0. The maximum atomic E-state index is 11.7. The molecule has 0 amide bonds. The van der Waals surface area contributed by atoms with Gasteiger partial charge in [0.1, 0.15) is 5.76 Å². The quantitative estimate of drug-likeness (QED) is 0.682. The Kier molecular flexibility index (Phi) is 6.47. The summed E-state index contributed by atoms with van der Waals surface area (Å²) in [6.07, 6.45) is 0. The van der Waals surface area contributed by atoms with Crippen LogP contribution in [-0.2, 0) is 17.8 Å². The van der Waals surface area contributed by atoms with Gasteiger partial charge in [-0.25, -0.2) is 4.79 Å². The van der Waals surface area contributed by atoms with Crippen LogP contribution < -0.4 is 9.47 Å². The molecule has 0 N–H and O–H groups in total. The molecular weight excluding hydrogens is 322 g/mol. The topological polar surface area (TPSA) is 61.1 Å². The number of esters is 1. The van der Waals surface area contributed by atoms with Gasteiger partial charge in [-0.05, 0) is 37.2 Å². The Hall–Kier alpha value is -2.47. The molecule has 2 rings (SSSR count). The number of nitrogens with zero attached hydrogens (tertiary/aromatic N) is 1. The van der Waals surface area contributed by atoms with Crippen molar-refractivity contribution in [3.05, 3.63) is 46.9 Å². The van der Waals surface area contributed by atoms with Gasteiger partial charge in [0.05, 0.1) is 27.9 Å². The largest absolute Gasteiger partial charge is 0.493 e. The predicted octanol–water partition coefficient (Wildman–Crippen LogP) is 3.41. The lowest BCUT2D eigenvalue weighted by atomic mass is 10.2. The zero-order valence-corrected chi connectivity index (χ0v) is 15.4. The summed E-state index contributed by atoms with van der Waals surface area (Å²) in [6.45, 7) is 6.08. The molecule has 0 atom stereocenters. The lowest BCUT2D eigenvalue weighted by Crippen LogP contribution is -2.22. The van der Waals surface area contributed by atoms with Gasteiger partial charge in [0.25, 0.3) is 0 Å². The van der Waals surface area contributed by atoms with Crippen LogP contribution in [-0.4, -0.2) is 38.7 Å². The van der Waals surface area contributed by atoms with Crippen molar-refractivity contribution in [2.45, 2.75) is 26.9 Å². The number of furan rings is 1. The van der Waals surface area contributed by atoms with Crippen molar-refractivity contribution >= 4 is 5.97 Å². The minimum absolute atomic E-state index is 0.264. The first-order valence-corrected chi connectivity index (χ1v) is 8.13. The monoisotopic (exact) mass is 347 g/mol. The van der Waals surface area contributed by atoms with Crippen LogP contribution in [0.1, 0.15) is 34.4 Å². The normalized spacial score (nSPS) is 10.8. The molecule has 0 aliphatic carbocycles. The van der Waals surface area contributed by atoms with Gasteiger partial charge in [-0.2, -0.15) is 0 Å². The number of benzene rings is 1. The smallest absolute Gasteiger partial charge is 0.374 e. The molecule has 6 heteroatoms. The van der Waals surface area contributed by atoms with Crippen molar-refractivity contribution in [2.24, 2.45) is 0 Å². The van der Waals surface area contributed by atoms with Gasteiger partial charge in [-0.15, -0.1) is 0 Å². The molecule has 0 bridgehead atoms. The molecule has 0 saturated carbocycles. The number of aryl methyl sites for hydroxylation is 1. The van der Waals surface area contributed by atoms with Crippen molar-refractivity contribution in [1.82, 2.24) is 4.90 Å². The van der Waals surface area contributed by atoms with Crippen molar-refractivity contribution in [2.75, 3.05) is 27.9 Å². The molecule has 136 valence electrons. The number of ether oxygens (including phenoxy) is 3. The third-order valence-corrected chi connectivity index (χ3v) is 4.02. The second kappa shape index (κ2) is 8.58. The third kappa shape index (κ3) is 4.54. The number of carbonyl (C=O) groups is 1. The second-order valence-corrected chi connectivity index (χ2v) is 5.71. The summed E-state index contributed by atoms with van der Waals surface area (Å²) in [6, 6.07) is 7.75. The highest BCUT2D eigenvalue weighted by Crippen LogP contribution is 2.28. The summed E-state index contributed by atoms with van der Waals surface area (Å²) in [5, 5.41) is 0. The van der Waals surface area contributed by atoms with Crippen LogP contribution in [0.5, 0.6) is 11.5 Å². The fourth-order valence-electron chi connectivity index (χ4n) is 2.66. The lowest BCUT2D eigenvalue weighted by molar-refractivity contribution is 0.0560. The Balaban J connectivity index is 2.12. The van der Waals surface area contributed by atoms with Gasteiger partial charge in [0, 0.05) is 12.1 Å². The van der Waals surface area contributed by atoms with Gasteiger partial charge in [0.2, 0.25) is 5.76 Å². The van der Waals surface area contributed by atoms with E-state index in [1.165, 1.54) is 7.11 Å². The first-order chi connectivity index (χ1) is 12.0. The predicted molar refractivity (Wildman–Crippen MR) is 94.1 cm³/mol. The van der Waals surface area contributed by atoms with Crippen LogP contribution in [0.15, 0.2) is 28.7 Å². The van der Waals surface area contributed by atoms with Crippen LogP contribution in [0, 0.1) is 6.92 Å². The number of methoxy groups -OCH3 is 3. The molecule has 0 saturated heterocycles. The van der Waals surface area contributed by atoms with Gasteiger partial charge in [-0.3, -0.25) is 4.90 Å². The fraction of sp³-hybridized carbons (Fsp3) is 0.421.